The van der Waals surface area contributed by atoms with Crippen molar-refractivity contribution in [3.8, 4) is 0 Å². The van der Waals surface area contributed by atoms with Crippen molar-refractivity contribution in [2.75, 3.05) is 24.5 Å². The largest absolute Gasteiger partial charge is 0.310 e. The van der Waals surface area contributed by atoms with Gasteiger partial charge >= 0.3 is 0 Å². The van der Waals surface area contributed by atoms with E-state index in [9.17, 15) is 4.79 Å². The summed E-state index contributed by atoms with van der Waals surface area (Å²) < 4.78 is 0. The van der Waals surface area contributed by atoms with Gasteiger partial charge in [0.25, 0.3) is 0 Å². The monoisotopic (exact) mass is 338 g/mol. The van der Waals surface area contributed by atoms with Crippen LogP contribution in [0.3, 0.4) is 0 Å². The zero-order valence-electron chi connectivity index (χ0n) is 15.3. The first kappa shape index (κ1) is 15.9. The minimum Gasteiger partial charge on any atom is -0.310 e. The summed E-state index contributed by atoms with van der Waals surface area (Å²) in [6.07, 6.45) is 11.1. The molecule has 3 heteroatoms. The number of carbonyl (C=O) groups excluding carboxylic acids is 1. The average Bonchev–Trinajstić information content (AvgIpc) is 3.14. The molecule has 1 atom stereocenters. The van der Waals surface area contributed by atoms with Gasteiger partial charge in [0.05, 0.1) is 0 Å². The highest BCUT2D eigenvalue weighted by molar-refractivity contribution is 5.96. The van der Waals surface area contributed by atoms with Crippen LogP contribution in [0.15, 0.2) is 24.3 Å². The van der Waals surface area contributed by atoms with Gasteiger partial charge in [-0.25, -0.2) is 0 Å². The Morgan fingerprint density at radius 2 is 1.88 bits per heavy atom. The molecule has 2 aliphatic carbocycles. The van der Waals surface area contributed by atoms with E-state index >= 15 is 0 Å². The predicted molar refractivity (Wildman–Crippen MR) is 101 cm³/mol. The highest BCUT2D eigenvalue weighted by atomic mass is 16.2. The molecule has 3 fully saturated rings. The zero-order valence-corrected chi connectivity index (χ0v) is 15.3. The number of anilines is 1. The Bertz CT molecular complexity index is 662. The lowest BCUT2D eigenvalue weighted by molar-refractivity contribution is -0.122. The molecule has 1 aromatic carbocycles. The van der Waals surface area contributed by atoms with Crippen LogP contribution in [0.4, 0.5) is 5.69 Å². The third kappa shape index (κ3) is 2.81. The van der Waals surface area contributed by atoms with Crippen molar-refractivity contribution in [3.63, 3.8) is 0 Å². The molecule has 1 spiro atoms. The first-order chi connectivity index (χ1) is 12.3. The molecule has 0 radical (unpaired) electrons. The number of carbonyl (C=O) groups is 1. The lowest BCUT2D eigenvalue weighted by atomic mass is 9.82. The van der Waals surface area contributed by atoms with Gasteiger partial charge in [-0.2, -0.15) is 0 Å². The van der Waals surface area contributed by atoms with Crippen molar-refractivity contribution in [1.82, 2.24) is 4.90 Å². The Labute approximate surface area is 151 Å². The maximum Gasteiger partial charge on any atom is 0.230 e. The van der Waals surface area contributed by atoms with Crippen molar-refractivity contribution >= 4 is 11.6 Å². The number of benzene rings is 1. The molecule has 0 aromatic heterocycles. The Kier molecular flexibility index (Phi) is 3.89. The maximum absolute atomic E-state index is 13.4. The van der Waals surface area contributed by atoms with Crippen LogP contribution in [0, 0.1) is 11.8 Å². The van der Waals surface area contributed by atoms with Crippen LogP contribution >= 0.6 is 0 Å². The Hall–Kier alpha value is -1.35. The van der Waals surface area contributed by atoms with Gasteiger partial charge in [-0.1, -0.05) is 31.0 Å². The van der Waals surface area contributed by atoms with E-state index in [0.29, 0.717) is 5.91 Å². The molecular formula is C22H30N2O. The molecule has 2 heterocycles. The lowest BCUT2D eigenvalue weighted by Gasteiger charge is -2.47. The van der Waals surface area contributed by atoms with E-state index in [2.05, 4.69) is 34.1 Å². The molecule has 1 saturated heterocycles. The Morgan fingerprint density at radius 3 is 2.68 bits per heavy atom. The third-order valence-corrected chi connectivity index (χ3v) is 7.14. The topological polar surface area (TPSA) is 23.6 Å². The predicted octanol–water partition coefficient (Wildman–Crippen LogP) is 4.01. The second-order valence-corrected chi connectivity index (χ2v) is 8.93. The molecule has 134 valence electrons. The second kappa shape index (κ2) is 6.12. The minimum atomic E-state index is 0.200. The molecule has 1 unspecified atom stereocenters. The van der Waals surface area contributed by atoms with Gasteiger partial charge in [-0.3, -0.25) is 9.69 Å². The van der Waals surface area contributed by atoms with Crippen LogP contribution in [0.25, 0.3) is 0 Å². The van der Waals surface area contributed by atoms with Crippen LogP contribution in [0.5, 0.6) is 0 Å². The van der Waals surface area contributed by atoms with Gasteiger partial charge in [0.15, 0.2) is 0 Å². The fourth-order valence-corrected chi connectivity index (χ4v) is 5.57. The summed E-state index contributed by atoms with van der Waals surface area (Å²) in [4.78, 5) is 18.3. The molecule has 2 saturated carbocycles. The first-order valence-corrected chi connectivity index (χ1v) is 10.4. The molecule has 3 nitrogen and oxygen atoms in total. The quantitative estimate of drug-likeness (QED) is 0.831. The summed E-state index contributed by atoms with van der Waals surface area (Å²) >= 11 is 0. The molecule has 1 amide bonds. The van der Waals surface area contributed by atoms with E-state index in [1.165, 1.54) is 62.9 Å². The Balaban J connectivity index is 1.48. The van der Waals surface area contributed by atoms with E-state index in [4.69, 9.17) is 0 Å². The summed E-state index contributed by atoms with van der Waals surface area (Å²) in [5, 5.41) is 0. The molecule has 0 bridgehead atoms. The van der Waals surface area contributed by atoms with Crippen LogP contribution in [0.2, 0.25) is 0 Å². The molecular weight excluding hydrogens is 308 g/mol. The third-order valence-electron chi connectivity index (χ3n) is 7.14. The zero-order chi connectivity index (χ0) is 16.9. The van der Waals surface area contributed by atoms with E-state index in [-0.39, 0.29) is 11.5 Å². The van der Waals surface area contributed by atoms with Crippen molar-refractivity contribution < 1.29 is 4.79 Å². The summed E-state index contributed by atoms with van der Waals surface area (Å²) in [6.45, 7) is 3.41. The van der Waals surface area contributed by atoms with Gasteiger partial charge in [-0.15, -0.1) is 0 Å². The van der Waals surface area contributed by atoms with Gasteiger partial charge in [0, 0.05) is 30.2 Å². The highest BCUT2D eigenvalue weighted by Gasteiger charge is 2.48. The number of hydrogen-bond donors (Lipinski definition) is 0. The van der Waals surface area contributed by atoms with E-state index in [1.807, 2.05) is 0 Å². The number of fused-ring (bicyclic) bond motifs is 1. The molecule has 4 aliphatic rings. The number of amides is 1. The van der Waals surface area contributed by atoms with Gasteiger partial charge in [-0.05, 0) is 69.0 Å². The Morgan fingerprint density at radius 1 is 1.08 bits per heavy atom. The van der Waals surface area contributed by atoms with E-state index in [0.717, 1.165) is 31.7 Å². The summed E-state index contributed by atoms with van der Waals surface area (Å²) in [5.41, 5.74) is 2.79. The van der Waals surface area contributed by atoms with Gasteiger partial charge in [0.1, 0.15) is 0 Å². The van der Waals surface area contributed by atoms with Crippen molar-refractivity contribution in [2.24, 2.45) is 11.8 Å². The summed E-state index contributed by atoms with van der Waals surface area (Å²) in [6, 6.07) is 8.69. The summed E-state index contributed by atoms with van der Waals surface area (Å²) in [7, 11) is 0. The SMILES string of the molecule is O=C(C1CCCC1)N1CC2(CCCN2CC2CC2)Cc2ccccc21. The molecule has 2 aliphatic heterocycles. The molecule has 0 N–H and O–H groups in total. The molecule has 1 aromatic rings. The van der Waals surface area contributed by atoms with E-state index < -0.39 is 0 Å². The van der Waals surface area contributed by atoms with Gasteiger partial charge in [0.2, 0.25) is 5.91 Å². The fraction of sp³-hybridized carbons (Fsp3) is 0.682. The number of likely N-dealkylation sites (tertiary alicyclic amines) is 1. The number of nitrogens with zero attached hydrogens (tertiary/aromatic N) is 2. The lowest BCUT2D eigenvalue weighted by Crippen LogP contribution is -2.58. The molecule has 5 rings (SSSR count). The standard InChI is InChI=1S/C22H30N2O/c25-21(18-6-1-2-7-18)24-16-22(14-19-8-3-4-9-20(19)24)12-5-13-23(22)15-17-10-11-17/h3-4,8-9,17-18H,1-2,5-7,10-16H2. The van der Waals surface area contributed by atoms with Crippen LogP contribution < -0.4 is 4.90 Å². The van der Waals surface area contributed by atoms with Crippen LogP contribution in [0.1, 0.15) is 56.9 Å². The smallest absolute Gasteiger partial charge is 0.230 e. The van der Waals surface area contributed by atoms with Crippen LogP contribution in [-0.4, -0.2) is 36.0 Å². The average molecular weight is 338 g/mol. The number of rotatable bonds is 3. The number of para-hydroxylation sites is 1. The first-order valence-electron chi connectivity index (χ1n) is 10.4. The molecule has 25 heavy (non-hydrogen) atoms. The fourth-order valence-electron chi connectivity index (χ4n) is 5.57. The normalized spacial score (nSPS) is 30.2. The second-order valence-electron chi connectivity index (χ2n) is 8.93. The van der Waals surface area contributed by atoms with Crippen molar-refractivity contribution in [3.05, 3.63) is 29.8 Å². The maximum atomic E-state index is 13.4. The van der Waals surface area contributed by atoms with E-state index in [1.54, 1.807) is 0 Å². The van der Waals surface area contributed by atoms with Crippen molar-refractivity contribution in [2.45, 2.75) is 63.3 Å². The van der Waals surface area contributed by atoms with Gasteiger partial charge < -0.3 is 4.90 Å². The van der Waals surface area contributed by atoms with Crippen LogP contribution in [-0.2, 0) is 11.2 Å². The highest BCUT2D eigenvalue weighted by Crippen LogP contribution is 2.44. The summed E-state index contributed by atoms with van der Waals surface area (Å²) in [5.74, 6) is 1.59. The minimum absolute atomic E-state index is 0.200. The number of hydrogen-bond acceptors (Lipinski definition) is 2. The van der Waals surface area contributed by atoms with Crippen molar-refractivity contribution in [1.29, 1.82) is 0 Å².